The van der Waals surface area contributed by atoms with E-state index in [9.17, 15) is 9.18 Å². The number of ether oxygens (including phenoxy) is 2. The van der Waals surface area contributed by atoms with E-state index in [1.165, 1.54) is 12.1 Å². The predicted molar refractivity (Wildman–Crippen MR) is 116 cm³/mol. The molecule has 4 nitrogen and oxygen atoms in total. The number of rotatable bonds is 9. The second kappa shape index (κ2) is 10.4. The highest BCUT2D eigenvalue weighted by molar-refractivity contribution is 5.87. The van der Waals surface area contributed by atoms with E-state index in [2.05, 4.69) is 5.32 Å². The Bertz CT molecular complexity index is 955. The van der Waals surface area contributed by atoms with Gasteiger partial charge in [-0.3, -0.25) is 4.79 Å². The van der Waals surface area contributed by atoms with Crippen LogP contribution in [0.2, 0.25) is 0 Å². The fraction of sp³-hybridized carbons (Fsp3) is 0.240. The molecule has 3 aromatic rings. The first-order chi connectivity index (χ1) is 14.6. The van der Waals surface area contributed by atoms with Gasteiger partial charge in [-0.15, -0.1) is 0 Å². The maximum absolute atomic E-state index is 13.4. The smallest absolute Gasteiger partial charge is 0.232 e. The molecule has 30 heavy (non-hydrogen) atoms. The average molecular weight is 407 g/mol. The number of methoxy groups -OCH3 is 2. The molecule has 0 aliphatic heterocycles. The van der Waals surface area contributed by atoms with Crippen molar-refractivity contribution in [1.29, 1.82) is 0 Å². The van der Waals surface area contributed by atoms with Gasteiger partial charge < -0.3 is 14.8 Å². The van der Waals surface area contributed by atoms with Crippen LogP contribution in [0.4, 0.5) is 4.39 Å². The van der Waals surface area contributed by atoms with Gasteiger partial charge >= 0.3 is 0 Å². The van der Waals surface area contributed by atoms with E-state index in [1.807, 2.05) is 48.5 Å². The third kappa shape index (κ3) is 5.60. The van der Waals surface area contributed by atoms with Crippen molar-refractivity contribution < 1.29 is 18.7 Å². The number of hydrogen-bond donors (Lipinski definition) is 1. The molecule has 3 rings (SSSR count). The Morgan fingerprint density at radius 3 is 2.17 bits per heavy atom. The molecule has 156 valence electrons. The molecular weight excluding hydrogens is 381 g/mol. The second-order valence-electron chi connectivity index (χ2n) is 7.00. The van der Waals surface area contributed by atoms with Crippen LogP contribution in [0.1, 0.15) is 29.0 Å². The molecule has 3 aromatic carbocycles. The van der Waals surface area contributed by atoms with Crippen LogP contribution in [-0.4, -0.2) is 26.7 Å². The highest BCUT2D eigenvalue weighted by Gasteiger charge is 2.22. The van der Waals surface area contributed by atoms with Crippen molar-refractivity contribution in [2.45, 2.75) is 18.8 Å². The Morgan fingerprint density at radius 2 is 1.53 bits per heavy atom. The molecule has 0 aliphatic rings. The summed E-state index contributed by atoms with van der Waals surface area (Å²) in [6.07, 6.45) is 1.64. The molecule has 0 radical (unpaired) electrons. The SMILES string of the molecule is COc1ccc(C(C(=O)NCCCc2cccc(OC)c2)c2ccc(F)cc2)cc1. The predicted octanol–water partition coefficient (Wildman–Crippen LogP) is 4.72. The fourth-order valence-corrected chi connectivity index (χ4v) is 3.38. The van der Waals surface area contributed by atoms with Crippen molar-refractivity contribution in [1.82, 2.24) is 5.32 Å². The second-order valence-corrected chi connectivity index (χ2v) is 7.00. The summed E-state index contributed by atoms with van der Waals surface area (Å²) < 4.78 is 23.8. The minimum atomic E-state index is -0.520. The zero-order chi connectivity index (χ0) is 21.3. The van der Waals surface area contributed by atoms with E-state index in [1.54, 1.807) is 26.4 Å². The van der Waals surface area contributed by atoms with E-state index in [-0.39, 0.29) is 11.7 Å². The number of nitrogens with one attached hydrogen (secondary N) is 1. The van der Waals surface area contributed by atoms with Gasteiger partial charge in [0, 0.05) is 6.54 Å². The molecule has 0 bridgehead atoms. The molecule has 0 spiro atoms. The van der Waals surface area contributed by atoms with Crippen LogP contribution >= 0.6 is 0 Å². The number of benzene rings is 3. The molecule has 1 unspecified atom stereocenters. The first-order valence-corrected chi connectivity index (χ1v) is 9.91. The van der Waals surface area contributed by atoms with Gasteiger partial charge in [-0.25, -0.2) is 4.39 Å². The largest absolute Gasteiger partial charge is 0.497 e. The summed E-state index contributed by atoms with van der Waals surface area (Å²) >= 11 is 0. The zero-order valence-electron chi connectivity index (χ0n) is 17.2. The molecule has 0 aliphatic carbocycles. The maximum atomic E-state index is 13.4. The van der Waals surface area contributed by atoms with E-state index < -0.39 is 5.92 Å². The molecule has 0 saturated carbocycles. The lowest BCUT2D eigenvalue weighted by Crippen LogP contribution is -2.31. The first kappa shape index (κ1) is 21.4. The minimum Gasteiger partial charge on any atom is -0.497 e. The van der Waals surface area contributed by atoms with Crippen molar-refractivity contribution in [3.05, 3.63) is 95.3 Å². The molecule has 0 aromatic heterocycles. The molecule has 0 heterocycles. The quantitative estimate of drug-likeness (QED) is 0.522. The highest BCUT2D eigenvalue weighted by atomic mass is 19.1. The van der Waals surface area contributed by atoms with Crippen molar-refractivity contribution >= 4 is 5.91 Å². The number of carbonyl (C=O) groups is 1. The number of aryl methyl sites for hydroxylation is 1. The zero-order valence-corrected chi connectivity index (χ0v) is 17.2. The lowest BCUT2D eigenvalue weighted by atomic mass is 9.90. The van der Waals surface area contributed by atoms with Gasteiger partial charge in [-0.05, 0) is 65.9 Å². The lowest BCUT2D eigenvalue weighted by Gasteiger charge is -2.18. The Hall–Kier alpha value is -3.34. The molecule has 1 N–H and O–H groups in total. The number of hydrogen-bond acceptors (Lipinski definition) is 3. The Morgan fingerprint density at radius 1 is 0.900 bits per heavy atom. The summed E-state index contributed by atoms with van der Waals surface area (Å²) in [4.78, 5) is 13.0. The number of halogens is 1. The number of amides is 1. The molecule has 0 saturated heterocycles. The Labute approximate surface area is 176 Å². The molecule has 1 atom stereocenters. The summed E-state index contributed by atoms with van der Waals surface area (Å²) in [5, 5.41) is 3.03. The van der Waals surface area contributed by atoms with Crippen LogP contribution in [0.5, 0.6) is 11.5 Å². The van der Waals surface area contributed by atoms with E-state index >= 15 is 0 Å². The van der Waals surface area contributed by atoms with Crippen LogP contribution < -0.4 is 14.8 Å². The van der Waals surface area contributed by atoms with E-state index in [4.69, 9.17) is 9.47 Å². The third-order valence-electron chi connectivity index (χ3n) is 4.99. The summed E-state index contributed by atoms with van der Waals surface area (Å²) in [7, 11) is 3.25. The summed E-state index contributed by atoms with van der Waals surface area (Å²) in [5.74, 6) is 0.583. The lowest BCUT2D eigenvalue weighted by molar-refractivity contribution is -0.121. The monoisotopic (exact) mass is 407 g/mol. The van der Waals surface area contributed by atoms with Crippen LogP contribution in [0.25, 0.3) is 0 Å². The summed E-state index contributed by atoms with van der Waals surface area (Å²) in [5.41, 5.74) is 2.73. The van der Waals surface area contributed by atoms with Crippen molar-refractivity contribution in [2.75, 3.05) is 20.8 Å². The highest BCUT2D eigenvalue weighted by Crippen LogP contribution is 2.27. The standard InChI is InChI=1S/C25H26FNO3/c1-29-22-14-10-20(11-15-22)24(19-8-12-21(26)13-9-19)25(28)27-16-4-6-18-5-3-7-23(17-18)30-2/h3,5,7-15,17,24H,4,6,16H2,1-2H3,(H,27,28). The fourth-order valence-electron chi connectivity index (χ4n) is 3.38. The Balaban J connectivity index is 1.67. The van der Waals surface area contributed by atoms with Gasteiger partial charge in [0.25, 0.3) is 0 Å². The molecule has 1 amide bonds. The Kier molecular flexibility index (Phi) is 7.44. The van der Waals surface area contributed by atoms with Gasteiger partial charge in [0.2, 0.25) is 5.91 Å². The summed E-state index contributed by atoms with van der Waals surface area (Å²) in [6, 6.07) is 21.3. The topological polar surface area (TPSA) is 47.6 Å². The van der Waals surface area contributed by atoms with Crippen molar-refractivity contribution in [2.24, 2.45) is 0 Å². The molecule has 0 fully saturated rings. The van der Waals surface area contributed by atoms with Crippen molar-refractivity contribution in [3.8, 4) is 11.5 Å². The first-order valence-electron chi connectivity index (χ1n) is 9.91. The normalized spacial score (nSPS) is 11.6. The van der Waals surface area contributed by atoms with Crippen LogP contribution in [0.3, 0.4) is 0 Å². The van der Waals surface area contributed by atoms with Gasteiger partial charge in [0.1, 0.15) is 17.3 Å². The van der Waals surface area contributed by atoms with Crippen LogP contribution in [0, 0.1) is 5.82 Å². The van der Waals surface area contributed by atoms with Crippen LogP contribution in [-0.2, 0) is 11.2 Å². The van der Waals surface area contributed by atoms with Gasteiger partial charge in [-0.1, -0.05) is 36.4 Å². The minimum absolute atomic E-state index is 0.114. The average Bonchev–Trinajstić information content (AvgIpc) is 2.79. The third-order valence-corrected chi connectivity index (χ3v) is 4.99. The molecular formula is C25H26FNO3. The van der Waals surface area contributed by atoms with Gasteiger partial charge in [-0.2, -0.15) is 0 Å². The van der Waals surface area contributed by atoms with E-state index in [0.29, 0.717) is 6.54 Å². The van der Waals surface area contributed by atoms with Gasteiger partial charge in [0.05, 0.1) is 20.1 Å². The maximum Gasteiger partial charge on any atom is 0.232 e. The molecule has 5 heteroatoms. The van der Waals surface area contributed by atoms with Crippen LogP contribution in [0.15, 0.2) is 72.8 Å². The number of carbonyl (C=O) groups excluding carboxylic acids is 1. The van der Waals surface area contributed by atoms with E-state index in [0.717, 1.165) is 41.0 Å². The van der Waals surface area contributed by atoms with Gasteiger partial charge in [0.15, 0.2) is 0 Å². The summed E-state index contributed by atoms with van der Waals surface area (Å²) in [6.45, 7) is 0.546. The van der Waals surface area contributed by atoms with Crippen molar-refractivity contribution in [3.63, 3.8) is 0 Å².